The zero-order valence-electron chi connectivity index (χ0n) is 14.6. The standard InChI is InChI=1S/C19H20N4O2S/c1-24-16-8-9-18(25-2)17(12-16)22-19(26)20-13-14-4-6-15(7-5-14)23-11-3-10-21-23/h3-12H,13H2,1-2H3,(H2,20,22,26). The maximum atomic E-state index is 5.38. The van der Waals surface area contributed by atoms with Crippen molar-refractivity contribution in [1.82, 2.24) is 15.1 Å². The Balaban J connectivity index is 1.59. The predicted molar refractivity (Wildman–Crippen MR) is 106 cm³/mol. The Morgan fingerprint density at radius 1 is 1.12 bits per heavy atom. The van der Waals surface area contributed by atoms with E-state index in [1.807, 2.05) is 59.4 Å². The number of anilines is 1. The highest BCUT2D eigenvalue weighted by Gasteiger charge is 2.07. The van der Waals surface area contributed by atoms with Gasteiger partial charge in [0.15, 0.2) is 5.11 Å². The predicted octanol–water partition coefficient (Wildman–Crippen LogP) is 3.38. The number of benzene rings is 2. The van der Waals surface area contributed by atoms with Gasteiger partial charge < -0.3 is 20.1 Å². The van der Waals surface area contributed by atoms with Crippen LogP contribution in [0.3, 0.4) is 0 Å². The van der Waals surface area contributed by atoms with Crippen molar-refractivity contribution in [3.8, 4) is 17.2 Å². The average molecular weight is 368 g/mol. The van der Waals surface area contributed by atoms with Crippen molar-refractivity contribution in [2.24, 2.45) is 0 Å². The molecule has 2 aromatic carbocycles. The van der Waals surface area contributed by atoms with Crippen molar-refractivity contribution >= 4 is 23.0 Å². The number of aromatic nitrogens is 2. The van der Waals surface area contributed by atoms with Crippen molar-refractivity contribution in [3.63, 3.8) is 0 Å². The van der Waals surface area contributed by atoms with Gasteiger partial charge in [-0.2, -0.15) is 5.10 Å². The summed E-state index contributed by atoms with van der Waals surface area (Å²) in [6, 6.07) is 15.5. The van der Waals surface area contributed by atoms with E-state index in [2.05, 4.69) is 15.7 Å². The minimum atomic E-state index is 0.507. The molecule has 1 heterocycles. The molecular weight excluding hydrogens is 348 g/mol. The third kappa shape index (κ3) is 4.31. The number of hydrogen-bond donors (Lipinski definition) is 2. The van der Waals surface area contributed by atoms with E-state index in [4.69, 9.17) is 21.7 Å². The van der Waals surface area contributed by atoms with Crippen LogP contribution in [0.25, 0.3) is 5.69 Å². The minimum absolute atomic E-state index is 0.507. The molecule has 0 aliphatic rings. The molecule has 0 radical (unpaired) electrons. The number of thiocarbonyl (C=S) groups is 1. The molecule has 134 valence electrons. The molecule has 2 N–H and O–H groups in total. The van der Waals surface area contributed by atoms with Crippen LogP contribution in [0.5, 0.6) is 11.5 Å². The molecule has 1 aromatic heterocycles. The molecule has 0 saturated heterocycles. The molecule has 0 aliphatic carbocycles. The molecule has 0 bridgehead atoms. The van der Waals surface area contributed by atoms with Gasteiger partial charge in [-0.1, -0.05) is 12.1 Å². The van der Waals surface area contributed by atoms with Crippen molar-refractivity contribution in [2.45, 2.75) is 6.54 Å². The summed E-state index contributed by atoms with van der Waals surface area (Å²) in [6.45, 7) is 0.609. The molecule has 0 saturated carbocycles. The third-order valence-corrected chi connectivity index (χ3v) is 4.06. The highest BCUT2D eigenvalue weighted by atomic mass is 32.1. The molecule has 26 heavy (non-hydrogen) atoms. The van der Waals surface area contributed by atoms with Gasteiger partial charge in [-0.25, -0.2) is 4.68 Å². The van der Waals surface area contributed by atoms with Crippen LogP contribution in [0, 0.1) is 0 Å². The summed E-state index contributed by atoms with van der Waals surface area (Å²) in [7, 11) is 3.24. The van der Waals surface area contributed by atoms with E-state index in [0.29, 0.717) is 17.4 Å². The second-order valence-corrected chi connectivity index (χ2v) is 5.90. The van der Waals surface area contributed by atoms with Gasteiger partial charge in [-0.05, 0) is 48.1 Å². The van der Waals surface area contributed by atoms with E-state index in [9.17, 15) is 0 Å². The van der Waals surface area contributed by atoms with E-state index in [-0.39, 0.29) is 0 Å². The van der Waals surface area contributed by atoms with Crippen LogP contribution in [0.15, 0.2) is 60.9 Å². The lowest BCUT2D eigenvalue weighted by Gasteiger charge is -2.14. The van der Waals surface area contributed by atoms with E-state index < -0.39 is 0 Å². The van der Waals surface area contributed by atoms with Crippen LogP contribution in [0.4, 0.5) is 5.69 Å². The van der Waals surface area contributed by atoms with Gasteiger partial charge in [-0.3, -0.25) is 0 Å². The number of methoxy groups -OCH3 is 2. The number of ether oxygens (including phenoxy) is 2. The molecule has 3 rings (SSSR count). The quantitative estimate of drug-likeness (QED) is 0.651. The summed E-state index contributed by atoms with van der Waals surface area (Å²) in [5.41, 5.74) is 2.88. The Morgan fingerprint density at radius 2 is 1.92 bits per heavy atom. The average Bonchev–Trinajstić information content (AvgIpc) is 3.21. The van der Waals surface area contributed by atoms with Crippen molar-refractivity contribution in [2.75, 3.05) is 19.5 Å². The van der Waals surface area contributed by atoms with E-state index >= 15 is 0 Å². The first kappa shape index (κ1) is 17.8. The topological polar surface area (TPSA) is 60.3 Å². The SMILES string of the molecule is COc1ccc(OC)c(NC(=S)NCc2ccc(-n3cccn3)cc2)c1. The fourth-order valence-electron chi connectivity index (χ4n) is 2.45. The van der Waals surface area contributed by atoms with Gasteiger partial charge in [0.2, 0.25) is 0 Å². The first-order valence-corrected chi connectivity index (χ1v) is 8.46. The fraction of sp³-hybridized carbons (Fsp3) is 0.158. The zero-order chi connectivity index (χ0) is 18.4. The maximum Gasteiger partial charge on any atom is 0.171 e. The molecule has 0 fully saturated rings. The van der Waals surface area contributed by atoms with Crippen molar-refractivity contribution in [1.29, 1.82) is 0 Å². The first-order chi connectivity index (χ1) is 12.7. The molecule has 0 unspecified atom stereocenters. The number of rotatable bonds is 6. The Kier molecular flexibility index (Phi) is 5.70. The second-order valence-electron chi connectivity index (χ2n) is 5.49. The summed E-state index contributed by atoms with van der Waals surface area (Å²) in [5, 5.41) is 11.1. The smallest absolute Gasteiger partial charge is 0.171 e. The Morgan fingerprint density at radius 3 is 2.58 bits per heavy atom. The highest BCUT2D eigenvalue weighted by molar-refractivity contribution is 7.80. The third-order valence-electron chi connectivity index (χ3n) is 3.81. The molecule has 0 amide bonds. The molecule has 6 nitrogen and oxygen atoms in total. The summed E-state index contributed by atoms with van der Waals surface area (Å²) in [6.07, 6.45) is 3.67. The molecule has 0 atom stereocenters. The monoisotopic (exact) mass is 368 g/mol. The highest BCUT2D eigenvalue weighted by Crippen LogP contribution is 2.28. The number of nitrogens with one attached hydrogen (secondary N) is 2. The fourth-order valence-corrected chi connectivity index (χ4v) is 2.63. The van der Waals surface area contributed by atoms with Crippen LogP contribution in [0.1, 0.15) is 5.56 Å². The number of nitrogens with zero attached hydrogens (tertiary/aromatic N) is 2. The van der Waals surface area contributed by atoms with Gasteiger partial charge in [-0.15, -0.1) is 0 Å². The zero-order valence-corrected chi connectivity index (χ0v) is 15.4. The first-order valence-electron chi connectivity index (χ1n) is 8.05. The van der Waals surface area contributed by atoms with Crippen molar-refractivity contribution < 1.29 is 9.47 Å². The lowest BCUT2D eigenvalue weighted by atomic mass is 10.2. The van der Waals surface area contributed by atoms with Gasteiger partial charge in [0.25, 0.3) is 0 Å². The van der Waals surface area contributed by atoms with E-state index in [1.165, 1.54) is 0 Å². The van der Waals surface area contributed by atoms with Crippen molar-refractivity contribution in [3.05, 3.63) is 66.5 Å². The minimum Gasteiger partial charge on any atom is -0.497 e. The van der Waals surface area contributed by atoms with Gasteiger partial charge in [0, 0.05) is 25.0 Å². The molecule has 0 aliphatic heterocycles. The molecule has 3 aromatic rings. The Labute approximate surface area is 157 Å². The largest absolute Gasteiger partial charge is 0.497 e. The second kappa shape index (κ2) is 8.35. The lowest BCUT2D eigenvalue weighted by molar-refractivity contribution is 0.405. The summed E-state index contributed by atoms with van der Waals surface area (Å²) < 4.78 is 12.4. The molecule has 7 heteroatoms. The summed E-state index contributed by atoms with van der Waals surface area (Å²) in [4.78, 5) is 0. The normalized spacial score (nSPS) is 10.2. The van der Waals surface area contributed by atoms with Crippen LogP contribution in [-0.2, 0) is 6.54 Å². The Bertz CT molecular complexity index is 864. The summed E-state index contributed by atoms with van der Waals surface area (Å²) >= 11 is 5.38. The van der Waals surface area contributed by atoms with E-state index in [0.717, 1.165) is 22.7 Å². The van der Waals surface area contributed by atoms with Gasteiger partial charge in [0.1, 0.15) is 11.5 Å². The van der Waals surface area contributed by atoms with Crippen LogP contribution < -0.4 is 20.1 Å². The maximum absolute atomic E-state index is 5.38. The Hall–Kier alpha value is -3.06. The molecular formula is C19H20N4O2S. The van der Waals surface area contributed by atoms with Gasteiger partial charge in [0.05, 0.1) is 25.6 Å². The van der Waals surface area contributed by atoms with Crippen LogP contribution >= 0.6 is 12.2 Å². The van der Waals surface area contributed by atoms with Crippen LogP contribution in [0.2, 0.25) is 0 Å². The lowest BCUT2D eigenvalue weighted by Crippen LogP contribution is -2.28. The van der Waals surface area contributed by atoms with E-state index in [1.54, 1.807) is 20.4 Å². The summed E-state index contributed by atoms with van der Waals surface area (Å²) in [5.74, 6) is 1.42. The molecule has 0 spiro atoms. The van der Waals surface area contributed by atoms with Gasteiger partial charge >= 0.3 is 0 Å². The number of hydrogen-bond acceptors (Lipinski definition) is 4. The van der Waals surface area contributed by atoms with Crippen LogP contribution in [-0.4, -0.2) is 29.1 Å².